The van der Waals surface area contributed by atoms with E-state index >= 15 is 0 Å². The molecule has 0 spiro atoms. The monoisotopic (exact) mass is 386 g/mol. The van der Waals surface area contributed by atoms with Crippen molar-refractivity contribution in [3.63, 3.8) is 0 Å². The molecule has 8 nitrogen and oxygen atoms in total. The number of H-pyrrole nitrogens is 1. The lowest BCUT2D eigenvalue weighted by Gasteiger charge is -2.28. The maximum absolute atomic E-state index is 11.7. The average molecular weight is 387 g/mol. The van der Waals surface area contributed by atoms with Crippen molar-refractivity contribution in [2.45, 2.75) is 26.1 Å². The Hall–Kier alpha value is -2.71. The van der Waals surface area contributed by atoms with Crippen molar-refractivity contribution >= 4 is 17.3 Å². The van der Waals surface area contributed by atoms with E-state index in [1.54, 1.807) is 13.3 Å². The first kappa shape index (κ1) is 17.7. The quantitative estimate of drug-likeness (QED) is 0.719. The van der Waals surface area contributed by atoms with Crippen LogP contribution in [-0.2, 0) is 30.9 Å². The van der Waals surface area contributed by atoms with E-state index in [0.717, 1.165) is 28.9 Å². The third-order valence-electron chi connectivity index (χ3n) is 4.73. The summed E-state index contributed by atoms with van der Waals surface area (Å²) in [5, 5.41) is 15.0. The van der Waals surface area contributed by atoms with Gasteiger partial charge in [0.1, 0.15) is 10.7 Å². The molecule has 1 aliphatic rings. The van der Waals surface area contributed by atoms with Crippen molar-refractivity contribution in [1.82, 2.24) is 25.2 Å². The number of aromatic amines is 1. The molecule has 4 rings (SSSR count). The molecule has 0 unspecified atom stereocenters. The molecule has 0 saturated carbocycles. The molecule has 1 aromatic carbocycles. The molecule has 0 radical (unpaired) electrons. The van der Waals surface area contributed by atoms with E-state index in [9.17, 15) is 4.79 Å². The van der Waals surface area contributed by atoms with Gasteiger partial charge in [0, 0.05) is 20.1 Å². The Kier molecular flexibility index (Phi) is 4.91. The molecule has 9 heteroatoms. The minimum Gasteiger partial charge on any atom is -0.380 e. The molecule has 2 aromatic heterocycles. The van der Waals surface area contributed by atoms with Gasteiger partial charge in [0.15, 0.2) is 0 Å². The SMILES string of the molecule is COCc1ccccc1Cn1nnc2c1CCN(c1cn[nH]c(=O)c1Cl)C2. The van der Waals surface area contributed by atoms with Crippen molar-refractivity contribution in [2.24, 2.45) is 0 Å². The van der Waals surface area contributed by atoms with E-state index in [0.29, 0.717) is 31.9 Å². The van der Waals surface area contributed by atoms with Crippen molar-refractivity contribution < 1.29 is 4.74 Å². The van der Waals surface area contributed by atoms with Crippen LogP contribution in [0.5, 0.6) is 0 Å². The van der Waals surface area contributed by atoms with E-state index in [-0.39, 0.29) is 5.02 Å². The van der Waals surface area contributed by atoms with Gasteiger partial charge in [-0.2, -0.15) is 5.10 Å². The van der Waals surface area contributed by atoms with E-state index in [4.69, 9.17) is 16.3 Å². The summed E-state index contributed by atoms with van der Waals surface area (Å²) in [5.74, 6) is 0. The lowest BCUT2D eigenvalue weighted by atomic mass is 10.1. The second-order valence-corrected chi connectivity index (χ2v) is 6.79. The molecular weight excluding hydrogens is 368 g/mol. The molecule has 0 saturated heterocycles. The van der Waals surface area contributed by atoms with Gasteiger partial charge in [-0.25, -0.2) is 9.78 Å². The second kappa shape index (κ2) is 7.50. The smallest absolute Gasteiger partial charge is 0.285 e. The van der Waals surface area contributed by atoms with Crippen LogP contribution in [0.4, 0.5) is 5.69 Å². The fourth-order valence-electron chi connectivity index (χ4n) is 3.36. The van der Waals surface area contributed by atoms with Crippen molar-refractivity contribution in [1.29, 1.82) is 0 Å². The van der Waals surface area contributed by atoms with Crippen LogP contribution in [0, 0.1) is 0 Å². The molecule has 0 bridgehead atoms. The summed E-state index contributed by atoms with van der Waals surface area (Å²) in [6.07, 6.45) is 2.33. The Morgan fingerprint density at radius 3 is 2.93 bits per heavy atom. The second-order valence-electron chi connectivity index (χ2n) is 6.41. The maximum Gasteiger partial charge on any atom is 0.285 e. The molecule has 1 N–H and O–H groups in total. The predicted molar refractivity (Wildman–Crippen MR) is 101 cm³/mol. The number of aromatic nitrogens is 5. The molecule has 0 fully saturated rings. The molecule has 3 aromatic rings. The Balaban J connectivity index is 1.57. The zero-order valence-corrected chi connectivity index (χ0v) is 15.6. The number of benzene rings is 1. The number of halogens is 1. The number of anilines is 1. The molecule has 0 atom stereocenters. The third kappa shape index (κ3) is 3.45. The zero-order valence-electron chi connectivity index (χ0n) is 14.9. The van der Waals surface area contributed by atoms with E-state index < -0.39 is 5.56 Å². The van der Waals surface area contributed by atoms with Crippen LogP contribution in [0.3, 0.4) is 0 Å². The highest BCUT2D eigenvalue weighted by Crippen LogP contribution is 2.27. The fraction of sp³-hybridized carbons (Fsp3) is 0.333. The topological polar surface area (TPSA) is 88.9 Å². The van der Waals surface area contributed by atoms with E-state index in [1.807, 2.05) is 21.7 Å². The Bertz CT molecular complexity index is 1020. The van der Waals surface area contributed by atoms with Crippen LogP contribution >= 0.6 is 11.6 Å². The van der Waals surface area contributed by atoms with Gasteiger partial charge in [0.25, 0.3) is 5.56 Å². The summed E-state index contributed by atoms with van der Waals surface area (Å²) < 4.78 is 7.23. The molecule has 3 heterocycles. The number of rotatable bonds is 5. The van der Waals surface area contributed by atoms with Gasteiger partial charge in [0.05, 0.1) is 37.3 Å². The number of fused-ring (bicyclic) bond motifs is 1. The Morgan fingerprint density at radius 2 is 2.11 bits per heavy atom. The number of nitrogens with one attached hydrogen (secondary N) is 1. The third-order valence-corrected chi connectivity index (χ3v) is 5.10. The number of hydrogen-bond donors (Lipinski definition) is 1. The van der Waals surface area contributed by atoms with Gasteiger partial charge in [-0.3, -0.25) is 4.79 Å². The first-order valence-corrected chi connectivity index (χ1v) is 9.00. The van der Waals surface area contributed by atoms with Crippen LogP contribution in [0.2, 0.25) is 5.02 Å². The number of ether oxygens (including phenoxy) is 1. The number of nitrogens with zero attached hydrogens (tertiary/aromatic N) is 5. The molecular formula is C18H19ClN6O2. The molecule has 0 aliphatic carbocycles. The highest BCUT2D eigenvalue weighted by molar-refractivity contribution is 6.32. The number of methoxy groups -OCH3 is 1. The highest BCUT2D eigenvalue weighted by Gasteiger charge is 2.24. The highest BCUT2D eigenvalue weighted by atomic mass is 35.5. The predicted octanol–water partition coefficient (Wildman–Crippen LogP) is 1.77. The summed E-state index contributed by atoms with van der Waals surface area (Å²) in [7, 11) is 1.69. The molecule has 1 aliphatic heterocycles. The van der Waals surface area contributed by atoms with Crippen LogP contribution in [0.15, 0.2) is 35.3 Å². The number of hydrogen-bond acceptors (Lipinski definition) is 6. The van der Waals surface area contributed by atoms with Crippen LogP contribution in [0.1, 0.15) is 22.5 Å². The summed E-state index contributed by atoms with van der Waals surface area (Å²) in [4.78, 5) is 13.7. The Morgan fingerprint density at radius 1 is 1.30 bits per heavy atom. The Labute approximate surface area is 160 Å². The summed E-state index contributed by atoms with van der Waals surface area (Å²) in [5.41, 5.74) is 4.53. The molecule has 27 heavy (non-hydrogen) atoms. The van der Waals surface area contributed by atoms with Crippen LogP contribution in [-0.4, -0.2) is 38.8 Å². The van der Waals surface area contributed by atoms with Gasteiger partial charge < -0.3 is 9.64 Å². The van der Waals surface area contributed by atoms with Gasteiger partial charge >= 0.3 is 0 Å². The minimum absolute atomic E-state index is 0.148. The first-order valence-electron chi connectivity index (χ1n) is 8.62. The van der Waals surface area contributed by atoms with Gasteiger partial charge in [0.2, 0.25) is 0 Å². The fourth-order valence-corrected chi connectivity index (χ4v) is 3.57. The van der Waals surface area contributed by atoms with E-state index in [2.05, 4.69) is 32.6 Å². The lowest BCUT2D eigenvalue weighted by molar-refractivity contribution is 0.184. The summed E-state index contributed by atoms with van der Waals surface area (Å²) >= 11 is 6.13. The summed E-state index contributed by atoms with van der Waals surface area (Å²) in [6, 6.07) is 8.17. The zero-order chi connectivity index (χ0) is 18.8. The van der Waals surface area contributed by atoms with Gasteiger partial charge in [-0.05, 0) is 11.1 Å². The van der Waals surface area contributed by atoms with E-state index in [1.165, 1.54) is 0 Å². The van der Waals surface area contributed by atoms with Crippen molar-refractivity contribution in [3.8, 4) is 0 Å². The maximum atomic E-state index is 11.7. The van der Waals surface area contributed by atoms with Crippen molar-refractivity contribution in [3.05, 3.63) is 68.4 Å². The summed E-state index contributed by atoms with van der Waals surface area (Å²) in [6.45, 7) is 2.47. The minimum atomic E-state index is -0.390. The van der Waals surface area contributed by atoms with Crippen LogP contribution in [0.25, 0.3) is 0 Å². The standard InChI is InChI=1S/C18H19ClN6O2/c1-27-11-13-5-3-2-4-12(13)9-25-15-6-7-24(10-14(15)21-23-25)16-8-20-22-18(26)17(16)19/h2-5,8H,6-7,9-11H2,1H3,(H,22,26). The van der Waals surface area contributed by atoms with Gasteiger partial charge in [-0.15, -0.1) is 5.10 Å². The van der Waals surface area contributed by atoms with Crippen LogP contribution < -0.4 is 10.5 Å². The molecule has 140 valence electrons. The normalized spacial score (nSPS) is 13.6. The van der Waals surface area contributed by atoms with Crippen molar-refractivity contribution in [2.75, 3.05) is 18.6 Å². The van der Waals surface area contributed by atoms with Gasteiger partial charge in [-0.1, -0.05) is 41.1 Å². The first-order chi connectivity index (χ1) is 13.2. The lowest BCUT2D eigenvalue weighted by Crippen LogP contribution is -2.32. The average Bonchev–Trinajstić information content (AvgIpc) is 3.08. The molecule has 0 amide bonds. The largest absolute Gasteiger partial charge is 0.380 e.